The molecular formula is C7H10N2O5S. The van der Waals surface area contributed by atoms with Crippen LogP contribution in [0.1, 0.15) is 5.56 Å². The van der Waals surface area contributed by atoms with E-state index in [1.807, 2.05) is 4.98 Å². The fourth-order valence-electron chi connectivity index (χ4n) is 0.926. The van der Waals surface area contributed by atoms with Crippen LogP contribution in [0.25, 0.3) is 0 Å². The predicted octanol–water partition coefficient (Wildman–Crippen LogP) is -1.42. The number of aromatic amines is 2. The Morgan fingerprint density at radius 2 is 2.07 bits per heavy atom. The molecule has 84 valence electrons. The lowest BCUT2D eigenvalue weighted by Crippen LogP contribution is -2.25. The van der Waals surface area contributed by atoms with Gasteiger partial charge in [-0.25, -0.2) is 4.79 Å². The Morgan fingerprint density at radius 3 is 2.60 bits per heavy atom. The van der Waals surface area contributed by atoms with Gasteiger partial charge in [0, 0.05) is 18.2 Å². The first-order valence-corrected chi connectivity index (χ1v) is 5.85. The molecule has 0 saturated heterocycles. The third kappa shape index (κ3) is 4.09. The standard InChI is InChI=1S/C7H10N2O5S/c1-15(12,13)14-3-2-5-4-8-7(11)9-6(5)10/h4H,2-3H2,1H3,(H2,8,9,10,11). The normalized spacial score (nSPS) is 11.5. The van der Waals surface area contributed by atoms with Crippen LogP contribution < -0.4 is 11.2 Å². The molecular weight excluding hydrogens is 224 g/mol. The zero-order valence-corrected chi connectivity index (χ0v) is 8.76. The quantitative estimate of drug-likeness (QED) is 0.621. The lowest BCUT2D eigenvalue weighted by molar-refractivity contribution is 0.325. The molecule has 0 saturated carbocycles. The van der Waals surface area contributed by atoms with Crippen molar-refractivity contribution in [2.24, 2.45) is 0 Å². The van der Waals surface area contributed by atoms with Crippen molar-refractivity contribution in [2.45, 2.75) is 6.42 Å². The zero-order valence-electron chi connectivity index (χ0n) is 7.94. The number of nitrogens with one attached hydrogen (secondary N) is 2. The topological polar surface area (TPSA) is 109 Å². The van der Waals surface area contributed by atoms with E-state index in [1.165, 1.54) is 6.20 Å². The fourth-order valence-corrected chi connectivity index (χ4v) is 1.31. The second kappa shape index (κ2) is 4.41. The first kappa shape index (κ1) is 11.7. The summed E-state index contributed by atoms with van der Waals surface area (Å²) < 4.78 is 25.6. The molecule has 7 nitrogen and oxygen atoms in total. The molecule has 0 unspecified atom stereocenters. The van der Waals surface area contributed by atoms with E-state index >= 15 is 0 Å². The third-order valence-corrected chi connectivity index (χ3v) is 2.16. The minimum absolute atomic E-state index is 0.110. The van der Waals surface area contributed by atoms with Gasteiger partial charge < -0.3 is 4.98 Å². The van der Waals surface area contributed by atoms with Gasteiger partial charge in [0.1, 0.15) is 0 Å². The van der Waals surface area contributed by atoms with Gasteiger partial charge in [0.25, 0.3) is 15.7 Å². The van der Waals surface area contributed by atoms with Gasteiger partial charge in [-0.15, -0.1) is 0 Å². The molecule has 0 fully saturated rings. The van der Waals surface area contributed by atoms with Crippen molar-refractivity contribution >= 4 is 10.1 Å². The summed E-state index contributed by atoms with van der Waals surface area (Å²) in [5.41, 5.74) is -0.887. The zero-order chi connectivity index (χ0) is 11.5. The molecule has 2 N–H and O–H groups in total. The Bertz CT molecular complexity index is 541. The maximum atomic E-state index is 11.1. The van der Waals surface area contributed by atoms with Gasteiger partial charge in [-0.05, 0) is 0 Å². The van der Waals surface area contributed by atoms with Crippen LogP contribution in [0.3, 0.4) is 0 Å². The lowest BCUT2D eigenvalue weighted by Gasteiger charge is -1.99. The van der Waals surface area contributed by atoms with Gasteiger partial charge in [0.2, 0.25) is 0 Å². The number of H-pyrrole nitrogens is 2. The van der Waals surface area contributed by atoms with Crippen LogP contribution in [-0.2, 0) is 20.7 Å². The summed E-state index contributed by atoms with van der Waals surface area (Å²) in [6.07, 6.45) is 2.26. The van der Waals surface area contributed by atoms with Gasteiger partial charge >= 0.3 is 5.69 Å². The van der Waals surface area contributed by atoms with Crippen molar-refractivity contribution in [3.05, 3.63) is 32.6 Å². The van der Waals surface area contributed by atoms with Crippen molar-refractivity contribution in [3.8, 4) is 0 Å². The minimum Gasteiger partial charge on any atom is -0.314 e. The summed E-state index contributed by atoms with van der Waals surface area (Å²) in [7, 11) is -3.50. The molecule has 1 rings (SSSR count). The second-order valence-corrected chi connectivity index (χ2v) is 4.52. The molecule has 1 heterocycles. The van der Waals surface area contributed by atoms with E-state index in [4.69, 9.17) is 0 Å². The van der Waals surface area contributed by atoms with Crippen LogP contribution >= 0.6 is 0 Å². The van der Waals surface area contributed by atoms with Crippen LogP contribution in [0, 0.1) is 0 Å². The van der Waals surface area contributed by atoms with E-state index in [1.54, 1.807) is 0 Å². The van der Waals surface area contributed by atoms with Crippen LogP contribution in [0.15, 0.2) is 15.8 Å². The first-order chi connectivity index (χ1) is 6.88. The molecule has 1 aromatic rings. The molecule has 0 spiro atoms. The van der Waals surface area contributed by atoms with Crippen LogP contribution in [0.2, 0.25) is 0 Å². The largest absolute Gasteiger partial charge is 0.325 e. The Balaban J connectivity index is 2.67. The van der Waals surface area contributed by atoms with Gasteiger partial charge in [-0.2, -0.15) is 8.42 Å². The Labute approximate surface area is 85.2 Å². The van der Waals surface area contributed by atoms with Gasteiger partial charge in [-0.1, -0.05) is 0 Å². The molecule has 8 heteroatoms. The average molecular weight is 234 g/mol. The van der Waals surface area contributed by atoms with E-state index in [9.17, 15) is 18.0 Å². The molecule has 15 heavy (non-hydrogen) atoms. The molecule has 1 aromatic heterocycles. The van der Waals surface area contributed by atoms with Crippen molar-refractivity contribution < 1.29 is 12.6 Å². The van der Waals surface area contributed by atoms with Gasteiger partial charge in [0.05, 0.1) is 12.9 Å². The summed E-state index contributed by atoms with van der Waals surface area (Å²) in [5, 5.41) is 0. The SMILES string of the molecule is CS(=O)(=O)OCCc1c[nH]c(=O)[nH]c1=O. The number of aromatic nitrogens is 2. The maximum Gasteiger partial charge on any atom is 0.325 e. The Morgan fingerprint density at radius 1 is 1.40 bits per heavy atom. The summed E-state index contributed by atoms with van der Waals surface area (Å²) in [4.78, 5) is 26.0. The molecule has 0 amide bonds. The summed E-state index contributed by atoms with van der Waals surface area (Å²) in [6, 6.07) is 0. The summed E-state index contributed by atoms with van der Waals surface area (Å²) in [5.74, 6) is 0. The fraction of sp³-hybridized carbons (Fsp3) is 0.429. The van der Waals surface area contributed by atoms with Gasteiger partial charge in [0.15, 0.2) is 0 Å². The molecule has 0 atom stereocenters. The van der Waals surface area contributed by atoms with Crippen molar-refractivity contribution in [1.82, 2.24) is 9.97 Å². The minimum atomic E-state index is -3.50. The lowest BCUT2D eigenvalue weighted by atomic mass is 10.2. The highest BCUT2D eigenvalue weighted by Gasteiger charge is 2.04. The highest BCUT2D eigenvalue weighted by Crippen LogP contribution is 1.92. The number of hydrogen-bond acceptors (Lipinski definition) is 5. The van der Waals surface area contributed by atoms with Gasteiger partial charge in [-0.3, -0.25) is 14.0 Å². The highest BCUT2D eigenvalue weighted by molar-refractivity contribution is 7.85. The molecule has 0 aliphatic rings. The molecule has 0 aromatic carbocycles. The monoisotopic (exact) mass is 234 g/mol. The smallest absolute Gasteiger partial charge is 0.314 e. The predicted molar refractivity (Wildman–Crippen MR) is 52.2 cm³/mol. The van der Waals surface area contributed by atoms with E-state index in [0.29, 0.717) is 0 Å². The van der Waals surface area contributed by atoms with Crippen molar-refractivity contribution in [2.75, 3.05) is 12.9 Å². The van der Waals surface area contributed by atoms with Crippen LogP contribution in [-0.4, -0.2) is 31.2 Å². The van der Waals surface area contributed by atoms with Crippen LogP contribution in [0.5, 0.6) is 0 Å². The molecule has 0 radical (unpaired) electrons. The second-order valence-electron chi connectivity index (χ2n) is 2.87. The van der Waals surface area contributed by atoms with Crippen LogP contribution in [0.4, 0.5) is 0 Å². The van der Waals surface area contributed by atoms with E-state index in [0.717, 1.165) is 6.26 Å². The van der Waals surface area contributed by atoms with E-state index < -0.39 is 21.4 Å². The number of rotatable bonds is 4. The number of hydrogen-bond donors (Lipinski definition) is 2. The van der Waals surface area contributed by atoms with Crippen molar-refractivity contribution in [1.29, 1.82) is 0 Å². The highest BCUT2D eigenvalue weighted by atomic mass is 32.2. The average Bonchev–Trinajstić information content (AvgIpc) is 2.07. The molecule has 0 aliphatic heterocycles. The van der Waals surface area contributed by atoms with E-state index in [-0.39, 0.29) is 18.6 Å². The first-order valence-electron chi connectivity index (χ1n) is 4.04. The summed E-state index contributed by atoms with van der Waals surface area (Å²) in [6.45, 7) is -0.131. The molecule has 0 bridgehead atoms. The summed E-state index contributed by atoms with van der Waals surface area (Å²) >= 11 is 0. The van der Waals surface area contributed by atoms with Crippen molar-refractivity contribution in [3.63, 3.8) is 0 Å². The Hall–Kier alpha value is -1.41. The Kier molecular flexibility index (Phi) is 3.43. The maximum absolute atomic E-state index is 11.1. The third-order valence-electron chi connectivity index (χ3n) is 1.57. The van der Waals surface area contributed by atoms with E-state index in [2.05, 4.69) is 9.17 Å². The molecule has 0 aliphatic carbocycles.